The molecule has 33 heavy (non-hydrogen) atoms. The number of fused-ring (bicyclic) bond motifs is 3. The van der Waals surface area contributed by atoms with Gasteiger partial charge in [0.1, 0.15) is 30.0 Å². The van der Waals surface area contributed by atoms with Gasteiger partial charge in [-0.05, 0) is 61.8 Å². The summed E-state index contributed by atoms with van der Waals surface area (Å²) in [6.07, 6.45) is -0.266. The Morgan fingerprint density at radius 2 is 1.61 bits per heavy atom. The topological polar surface area (TPSA) is 111 Å². The summed E-state index contributed by atoms with van der Waals surface area (Å²) in [5, 5.41) is 2.87. The monoisotopic (exact) mass is 471 g/mol. The van der Waals surface area contributed by atoms with Gasteiger partial charge < -0.3 is 38.5 Å². The molecule has 188 valence electrons. The Balaban J connectivity index is 1.85. The molecule has 3 heterocycles. The van der Waals surface area contributed by atoms with Gasteiger partial charge in [0, 0.05) is 6.08 Å². The highest BCUT2D eigenvalue weighted by atomic mass is 16.9. The van der Waals surface area contributed by atoms with Gasteiger partial charge in [0.15, 0.2) is 17.9 Å². The normalized spacial score (nSPS) is 33.3. The maximum Gasteiger partial charge on any atom is 0.407 e. The second kappa shape index (κ2) is 9.50. The van der Waals surface area contributed by atoms with Crippen molar-refractivity contribution in [3.63, 3.8) is 0 Å². The first-order valence-corrected chi connectivity index (χ1v) is 11.4. The minimum absolute atomic E-state index is 0.261. The lowest BCUT2D eigenvalue weighted by Gasteiger charge is -2.41. The Kier molecular flexibility index (Phi) is 7.45. The summed E-state index contributed by atoms with van der Waals surface area (Å²) in [5.74, 6) is -2.20. The van der Waals surface area contributed by atoms with Crippen molar-refractivity contribution in [3.8, 4) is 0 Å². The van der Waals surface area contributed by atoms with Crippen molar-refractivity contribution in [1.29, 1.82) is 0 Å². The second-order valence-electron chi connectivity index (χ2n) is 10.3. The smallest absolute Gasteiger partial charge is 0.407 e. The van der Waals surface area contributed by atoms with Crippen molar-refractivity contribution in [2.45, 2.75) is 116 Å². The average Bonchev–Trinajstić information content (AvgIpc) is 3.12. The third-order valence-electron chi connectivity index (χ3n) is 5.22. The Hall–Kier alpha value is -1.72. The Morgan fingerprint density at radius 3 is 2.24 bits per heavy atom. The van der Waals surface area contributed by atoms with Crippen LogP contribution < -0.4 is 5.32 Å². The summed E-state index contributed by atoms with van der Waals surface area (Å²) in [6, 6.07) is -0.608. The van der Waals surface area contributed by atoms with Gasteiger partial charge in [-0.15, -0.1) is 0 Å². The van der Waals surface area contributed by atoms with Crippen LogP contribution in [-0.2, 0) is 38.0 Å². The summed E-state index contributed by atoms with van der Waals surface area (Å²) in [5.41, 5.74) is -0.683. The maximum atomic E-state index is 12.6. The van der Waals surface area contributed by atoms with E-state index in [9.17, 15) is 9.59 Å². The number of nitrogens with one attached hydrogen (secondary N) is 1. The van der Waals surface area contributed by atoms with Gasteiger partial charge in [-0.25, -0.2) is 9.59 Å². The second-order valence-corrected chi connectivity index (χ2v) is 10.3. The molecule has 1 amide bonds. The van der Waals surface area contributed by atoms with Gasteiger partial charge in [0.25, 0.3) is 0 Å². The number of alkyl carbamates (subject to hydrolysis) is 1. The molecular weight excluding hydrogens is 434 g/mol. The van der Waals surface area contributed by atoms with Crippen LogP contribution in [0.25, 0.3) is 0 Å². The van der Waals surface area contributed by atoms with E-state index in [1.54, 1.807) is 47.6 Å². The largest absolute Gasteiger partial charge is 0.463 e. The molecule has 0 bridgehead atoms. The van der Waals surface area contributed by atoms with Crippen molar-refractivity contribution in [2.24, 2.45) is 0 Å². The summed E-state index contributed by atoms with van der Waals surface area (Å²) in [6.45, 7) is 14.6. The lowest BCUT2D eigenvalue weighted by atomic mass is 9.92. The molecule has 0 aromatic heterocycles. The third kappa shape index (κ3) is 6.66. The predicted octanol–water partition coefficient (Wildman–Crippen LogP) is 2.79. The van der Waals surface area contributed by atoms with Gasteiger partial charge in [0.05, 0.1) is 12.6 Å². The average molecular weight is 472 g/mol. The fourth-order valence-electron chi connectivity index (χ4n) is 4.20. The van der Waals surface area contributed by atoms with E-state index in [0.717, 1.165) is 0 Å². The Labute approximate surface area is 195 Å². The number of ether oxygens (including phenoxy) is 7. The van der Waals surface area contributed by atoms with E-state index in [4.69, 9.17) is 33.2 Å². The van der Waals surface area contributed by atoms with Crippen molar-refractivity contribution < 1.29 is 42.7 Å². The van der Waals surface area contributed by atoms with E-state index < -0.39 is 66.0 Å². The quantitative estimate of drug-likeness (QED) is 0.462. The van der Waals surface area contributed by atoms with Crippen LogP contribution in [0.1, 0.15) is 61.8 Å². The van der Waals surface area contributed by atoms with Gasteiger partial charge in [0.2, 0.25) is 0 Å². The van der Waals surface area contributed by atoms with Gasteiger partial charge >= 0.3 is 12.1 Å². The molecule has 10 heteroatoms. The summed E-state index contributed by atoms with van der Waals surface area (Å²) < 4.78 is 41.0. The van der Waals surface area contributed by atoms with Crippen LogP contribution in [-0.4, -0.2) is 72.6 Å². The lowest BCUT2D eigenvalue weighted by Crippen LogP contribution is -2.61. The number of esters is 1. The van der Waals surface area contributed by atoms with Crippen LogP contribution >= 0.6 is 0 Å². The molecule has 0 aromatic rings. The van der Waals surface area contributed by atoms with Crippen molar-refractivity contribution >= 4 is 12.1 Å². The molecular formula is C23H37NO9. The molecule has 0 unspecified atom stereocenters. The highest BCUT2D eigenvalue weighted by Crippen LogP contribution is 2.45. The molecule has 0 aliphatic carbocycles. The zero-order chi connectivity index (χ0) is 24.6. The molecule has 6 atom stereocenters. The molecule has 3 saturated heterocycles. The number of amides is 1. The molecule has 0 spiro atoms. The minimum Gasteiger partial charge on any atom is -0.463 e. The van der Waals surface area contributed by atoms with E-state index in [1.165, 1.54) is 6.08 Å². The summed E-state index contributed by atoms with van der Waals surface area (Å²) in [7, 11) is 0. The van der Waals surface area contributed by atoms with Crippen LogP contribution in [0.5, 0.6) is 0 Å². The predicted molar refractivity (Wildman–Crippen MR) is 116 cm³/mol. The van der Waals surface area contributed by atoms with Crippen LogP contribution in [0.3, 0.4) is 0 Å². The fraction of sp³-hybridized carbons (Fsp3) is 0.826. The van der Waals surface area contributed by atoms with Crippen molar-refractivity contribution in [2.75, 3.05) is 6.61 Å². The van der Waals surface area contributed by atoms with E-state index in [0.29, 0.717) is 0 Å². The lowest BCUT2D eigenvalue weighted by molar-refractivity contribution is -0.239. The van der Waals surface area contributed by atoms with Gasteiger partial charge in [-0.1, -0.05) is 6.08 Å². The maximum absolute atomic E-state index is 12.6. The van der Waals surface area contributed by atoms with Crippen LogP contribution in [0, 0.1) is 0 Å². The molecule has 3 fully saturated rings. The van der Waals surface area contributed by atoms with Crippen LogP contribution in [0.15, 0.2) is 12.2 Å². The van der Waals surface area contributed by atoms with E-state index in [-0.39, 0.29) is 13.0 Å². The number of hydrogen-bond acceptors (Lipinski definition) is 9. The summed E-state index contributed by atoms with van der Waals surface area (Å²) in [4.78, 5) is 24.4. The molecule has 0 aromatic carbocycles. The molecule has 10 nitrogen and oxygen atoms in total. The first-order valence-electron chi connectivity index (χ1n) is 11.4. The van der Waals surface area contributed by atoms with Crippen LogP contribution in [0.4, 0.5) is 4.79 Å². The highest BCUT2D eigenvalue weighted by molar-refractivity contribution is 5.81. The number of rotatable bonds is 6. The standard InChI is InChI=1S/C23H37NO9/c1-9-27-14(25)12-10-11-13(24-20(26)33-21(2,3)4)15-16-17(30-22(5,6)29-16)18-19(28-15)32-23(7,8)31-18/h10,12-13,15-19H,9,11H2,1-8H3,(H,24,26)/b12-10-/t13-,15+,16-,17-,18+,19+/m0/s1. The SMILES string of the molecule is CCOC(=O)/C=C\C[C@H](NC(=O)OC(C)(C)C)[C@H]1O[C@@H]2OC(C)(C)O[C@@H]2[C@H]2OC(C)(C)O[C@H]21. The van der Waals surface area contributed by atoms with E-state index in [2.05, 4.69) is 5.32 Å². The summed E-state index contributed by atoms with van der Waals surface area (Å²) >= 11 is 0. The zero-order valence-corrected chi connectivity index (χ0v) is 20.7. The zero-order valence-electron chi connectivity index (χ0n) is 20.7. The molecule has 3 rings (SSSR count). The fourth-order valence-corrected chi connectivity index (χ4v) is 4.20. The van der Waals surface area contributed by atoms with Crippen molar-refractivity contribution in [3.05, 3.63) is 12.2 Å². The van der Waals surface area contributed by atoms with Gasteiger partial charge in [-0.3, -0.25) is 0 Å². The Bertz CT molecular complexity index is 758. The first kappa shape index (κ1) is 25.9. The van der Waals surface area contributed by atoms with Crippen LogP contribution in [0.2, 0.25) is 0 Å². The van der Waals surface area contributed by atoms with Gasteiger partial charge in [-0.2, -0.15) is 0 Å². The minimum atomic E-state index is -0.876. The molecule has 1 N–H and O–H groups in total. The molecule has 0 radical (unpaired) electrons. The van der Waals surface area contributed by atoms with E-state index >= 15 is 0 Å². The van der Waals surface area contributed by atoms with E-state index in [1.807, 2.05) is 13.8 Å². The number of hydrogen-bond donors (Lipinski definition) is 1. The third-order valence-corrected chi connectivity index (χ3v) is 5.22. The first-order chi connectivity index (χ1) is 15.2. The molecule has 3 aliphatic rings. The number of carbonyl (C=O) groups excluding carboxylic acids is 2. The Morgan fingerprint density at radius 1 is 1.00 bits per heavy atom. The molecule has 0 saturated carbocycles. The molecule has 3 aliphatic heterocycles. The highest BCUT2D eigenvalue weighted by Gasteiger charge is 2.61. The number of carbonyl (C=O) groups is 2. The van der Waals surface area contributed by atoms with Crippen molar-refractivity contribution in [1.82, 2.24) is 5.32 Å².